The largest absolute Gasteiger partial charge is 0.369 e. The topological polar surface area (TPSA) is 50.9 Å². The molecule has 1 saturated carbocycles. The first kappa shape index (κ1) is 22.2. The van der Waals surface area contributed by atoms with Gasteiger partial charge in [-0.15, -0.1) is 0 Å². The third-order valence-electron chi connectivity index (χ3n) is 7.38. The molecule has 3 aliphatic rings. The summed E-state index contributed by atoms with van der Waals surface area (Å²) < 4.78 is 0. The summed E-state index contributed by atoms with van der Waals surface area (Å²) in [6.45, 7) is 8.83. The van der Waals surface area contributed by atoms with Crippen LogP contribution in [-0.2, 0) is 13.1 Å². The normalized spacial score (nSPS) is 21.8. The molecule has 1 aliphatic carbocycles. The first-order valence-electron chi connectivity index (χ1n) is 12.6. The highest BCUT2D eigenvalue weighted by atomic mass is 16.2. The molecular formula is C27H37N5O. The van der Waals surface area contributed by atoms with Crippen molar-refractivity contribution in [3.05, 3.63) is 65.7 Å². The van der Waals surface area contributed by atoms with E-state index in [1.165, 1.54) is 42.6 Å². The fourth-order valence-corrected chi connectivity index (χ4v) is 5.20. The number of para-hydroxylation sites is 1. The van der Waals surface area contributed by atoms with Crippen LogP contribution in [0.2, 0.25) is 0 Å². The van der Waals surface area contributed by atoms with Crippen molar-refractivity contribution in [1.82, 2.24) is 20.4 Å². The van der Waals surface area contributed by atoms with Gasteiger partial charge in [0.15, 0.2) is 0 Å². The molecule has 2 aromatic rings. The molecule has 0 radical (unpaired) electrons. The molecule has 1 atom stereocenters. The van der Waals surface area contributed by atoms with Crippen LogP contribution in [0.3, 0.4) is 0 Å². The van der Waals surface area contributed by atoms with Crippen molar-refractivity contribution < 1.29 is 4.79 Å². The summed E-state index contributed by atoms with van der Waals surface area (Å²) in [6.07, 6.45) is 3.93. The van der Waals surface area contributed by atoms with Gasteiger partial charge in [0.25, 0.3) is 0 Å². The van der Waals surface area contributed by atoms with E-state index in [0.717, 1.165) is 51.9 Å². The number of carbonyl (C=O) groups excluding carboxylic acids is 1. The van der Waals surface area contributed by atoms with Gasteiger partial charge in [0.1, 0.15) is 0 Å². The number of nitrogens with zero attached hydrogens (tertiary/aromatic N) is 3. The van der Waals surface area contributed by atoms with Crippen LogP contribution in [0.25, 0.3) is 0 Å². The van der Waals surface area contributed by atoms with Gasteiger partial charge in [0, 0.05) is 64.1 Å². The summed E-state index contributed by atoms with van der Waals surface area (Å²) in [6, 6.07) is 20.0. The maximum atomic E-state index is 12.4. The minimum Gasteiger partial charge on any atom is -0.369 e. The van der Waals surface area contributed by atoms with E-state index in [1.54, 1.807) is 0 Å². The first-order valence-corrected chi connectivity index (χ1v) is 12.6. The minimum absolute atomic E-state index is 0.0499. The maximum absolute atomic E-state index is 12.4. The van der Waals surface area contributed by atoms with Gasteiger partial charge in [0.2, 0.25) is 0 Å². The number of nitrogens with one attached hydrogen (secondary N) is 2. The number of hydrogen-bond donors (Lipinski definition) is 2. The van der Waals surface area contributed by atoms with Crippen LogP contribution in [0.1, 0.15) is 30.4 Å². The second-order valence-corrected chi connectivity index (χ2v) is 9.81. The zero-order valence-electron chi connectivity index (χ0n) is 19.6. The number of amides is 2. The van der Waals surface area contributed by atoms with Crippen molar-refractivity contribution in [1.29, 1.82) is 0 Å². The van der Waals surface area contributed by atoms with Gasteiger partial charge in [-0.2, -0.15) is 0 Å². The fraction of sp³-hybridized carbons (Fsp3) is 0.519. The van der Waals surface area contributed by atoms with Gasteiger partial charge in [-0.3, -0.25) is 4.90 Å². The average Bonchev–Trinajstić information content (AvgIpc) is 3.61. The lowest BCUT2D eigenvalue weighted by molar-refractivity contribution is 0.237. The van der Waals surface area contributed by atoms with E-state index in [1.807, 2.05) is 0 Å². The van der Waals surface area contributed by atoms with E-state index in [0.29, 0.717) is 12.5 Å². The minimum atomic E-state index is -0.0499. The van der Waals surface area contributed by atoms with Crippen LogP contribution < -0.4 is 15.5 Å². The van der Waals surface area contributed by atoms with Crippen LogP contribution in [-0.4, -0.2) is 67.7 Å². The Labute approximate surface area is 197 Å². The quantitative estimate of drug-likeness (QED) is 0.652. The molecule has 2 aliphatic heterocycles. The highest BCUT2D eigenvalue weighted by Gasteiger charge is 2.34. The average molecular weight is 448 g/mol. The number of rotatable bonds is 8. The Balaban J connectivity index is 1.06. The molecule has 6 nitrogen and oxygen atoms in total. The molecule has 0 spiro atoms. The van der Waals surface area contributed by atoms with Crippen molar-refractivity contribution in [3.8, 4) is 0 Å². The van der Waals surface area contributed by atoms with Crippen LogP contribution in [0.5, 0.6) is 0 Å². The summed E-state index contributed by atoms with van der Waals surface area (Å²) >= 11 is 0. The molecule has 6 heteroatoms. The second-order valence-electron chi connectivity index (χ2n) is 9.81. The summed E-state index contributed by atoms with van der Waals surface area (Å²) in [5.41, 5.74) is 3.83. The highest BCUT2D eigenvalue weighted by molar-refractivity contribution is 5.73. The van der Waals surface area contributed by atoms with E-state index >= 15 is 0 Å². The maximum Gasteiger partial charge on any atom is 0.315 e. The van der Waals surface area contributed by atoms with Crippen molar-refractivity contribution in [2.75, 3.05) is 50.7 Å². The van der Waals surface area contributed by atoms with Crippen LogP contribution in [0.4, 0.5) is 10.5 Å². The molecule has 2 aromatic carbocycles. The lowest BCUT2D eigenvalue weighted by Gasteiger charge is -2.36. The zero-order valence-corrected chi connectivity index (χ0v) is 19.6. The molecule has 2 heterocycles. The second kappa shape index (κ2) is 10.6. The molecule has 176 valence electrons. The third kappa shape index (κ3) is 6.06. The number of benzene rings is 2. The summed E-state index contributed by atoms with van der Waals surface area (Å²) in [4.78, 5) is 20.0. The van der Waals surface area contributed by atoms with Crippen LogP contribution in [0, 0.1) is 5.92 Å². The van der Waals surface area contributed by atoms with Crippen LogP contribution in [0.15, 0.2) is 54.6 Å². The molecule has 33 heavy (non-hydrogen) atoms. The predicted molar refractivity (Wildman–Crippen MR) is 133 cm³/mol. The van der Waals surface area contributed by atoms with Crippen molar-refractivity contribution >= 4 is 11.7 Å². The predicted octanol–water partition coefficient (Wildman–Crippen LogP) is 3.29. The van der Waals surface area contributed by atoms with E-state index in [4.69, 9.17) is 0 Å². The lowest BCUT2D eigenvalue weighted by Crippen LogP contribution is -2.46. The Morgan fingerprint density at radius 2 is 1.55 bits per heavy atom. The van der Waals surface area contributed by atoms with Crippen molar-refractivity contribution in [2.45, 2.75) is 38.4 Å². The zero-order chi connectivity index (χ0) is 22.5. The van der Waals surface area contributed by atoms with E-state index in [9.17, 15) is 4.79 Å². The monoisotopic (exact) mass is 447 g/mol. The molecule has 3 fully saturated rings. The molecule has 2 N–H and O–H groups in total. The molecule has 0 aromatic heterocycles. The smallest absolute Gasteiger partial charge is 0.315 e. The van der Waals surface area contributed by atoms with Gasteiger partial charge in [0.05, 0.1) is 0 Å². The Morgan fingerprint density at radius 3 is 2.30 bits per heavy atom. The molecule has 0 bridgehead atoms. The summed E-state index contributed by atoms with van der Waals surface area (Å²) in [5.74, 6) is 0.596. The SMILES string of the molecule is O=C(NCc1ccccc1CN1CCN(c2ccccc2)CC1)NCC1CCN(C2CC2)C1. The van der Waals surface area contributed by atoms with Crippen LogP contribution >= 0.6 is 0 Å². The van der Waals surface area contributed by atoms with Gasteiger partial charge >= 0.3 is 6.03 Å². The number of urea groups is 1. The molecule has 5 rings (SSSR count). The first-order chi connectivity index (χ1) is 16.2. The van der Waals surface area contributed by atoms with E-state index < -0.39 is 0 Å². The van der Waals surface area contributed by atoms with Gasteiger partial charge < -0.3 is 20.4 Å². The number of likely N-dealkylation sites (tertiary alicyclic amines) is 1. The van der Waals surface area contributed by atoms with Gasteiger partial charge in [-0.05, 0) is 55.0 Å². The van der Waals surface area contributed by atoms with Crippen molar-refractivity contribution in [2.24, 2.45) is 5.92 Å². The highest BCUT2D eigenvalue weighted by Crippen LogP contribution is 2.31. The summed E-state index contributed by atoms with van der Waals surface area (Å²) in [5, 5.41) is 6.19. The molecule has 1 unspecified atom stereocenters. The van der Waals surface area contributed by atoms with Gasteiger partial charge in [-0.25, -0.2) is 4.79 Å². The number of anilines is 1. The Kier molecular flexibility index (Phi) is 7.12. The fourth-order valence-electron chi connectivity index (χ4n) is 5.20. The molecular weight excluding hydrogens is 410 g/mol. The number of piperazine rings is 1. The lowest BCUT2D eigenvalue weighted by atomic mass is 10.1. The summed E-state index contributed by atoms with van der Waals surface area (Å²) in [7, 11) is 0. The van der Waals surface area contributed by atoms with E-state index in [2.05, 4.69) is 79.9 Å². The molecule has 2 saturated heterocycles. The third-order valence-corrected chi connectivity index (χ3v) is 7.38. The Hall–Kier alpha value is -2.57. The van der Waals surface area contributed by atoms with E-state index in [-0.39, 0.29) is 6.03 Å². The Bertz CT molecular complexity index is 908. The number of carbonyl (C=O) groups is 1. The van der Waals surface area contributed by atoms with Crippen molar-refractivity contribution in [3.63, 3.8) is 0 Å². The van der Waals surface area contributed by atoms with Gasteiger partial charge in [-0.1, -0.05) is 42.5 Å². The molecule has 2 amide bonds. The Morgan fingerprint density at radius 1 is 0.818 bits per heavy atom. The standard InChI is InChI=1S/C27H37N5O/c33-27(28-18-22-12-13-32(20-22)26-10-11-26)29-19-23-6-4-5-7-24(23)21-30-14-16-31(17-15-30)25-8-2-1-3-9-25/h1-9,22,26H,10-21H2,(H2,28,29,33). The number of hydrogen-bond acceptors (Lipinski definition) is 4.